The van der Waals surface area contributed by atoms with Crippen molar-refractivity contribution in [3.05, 3.63) is 35.6 Å². The fraction of sp³-hybridized carbons (Fsp3) is 0.471. The van der Waals surface area contributed by atoms with Gasteiger partial charge in [0.05, 0.1) is 13.2 Å². The first-order valence-corrected chi connectivity index (χ1v) is 8.42. The summed E-state index contributed by atoms with van der Waals surface area (Å²) >= 11 is 0.653. The third-order valence-electron chi connectivity index (χ3n) is 2.94. The van der Waals surface area contributed by atoms with E-state index in [2.05, 4.69) is 5.32 Å². The summed E-state index contributed by atoms with van der Waals surface area (Å²) in [7, 11) is 1.15. The van der Waals surface area contributed by atoms with Gasteiger partial charge in [0.25, 0.3) is 0 Å². The minimum absolute atomic E-state index is 0.0532. The molecule has 0 saturated heterocycles. The summed E-state index contributed by atoms with van der Waals surface area (Å²) in [5.74, 6) is -1.38. The average molecular weight is 371 g/mol. The molecular formula is C17H22FNO5S. The summed E-state index contributed by atoms with van der Waals surface area (Å²) in [6.07, 6.45) is -0.834. The van der Waals surface area contributed by atoms with E-state index >= 15 is 0 Å². The smallest absolute Gasteiger partial charge is 0.408 e. The summed E-state index contributed by atoms with van der Waals surface area (Å²) in [6.45, 7) is 6.29. The molecule has 138 valence electrons. The molecule has 1 N–H and O–H groups in total. The second-order valence-electron chi connectivity index (χ2n) is 6.20. The lowest BCUT2D eigenvalue weighted by molar-refractivity contribution is -0.140. The van der Waals surface area contributed by atoms with Crippen LogP contribution in [0, 0.1) is 5.82 Å². The highest BCUT2D eigenvalue weighted by Crippen LogP contribution is 2.30. The Morgan fingerprint density at radius 3 is 2.28 bits per heavy atom. The molecule has 0 heterocycles. The molecule has 6 nitrogen and oxygen atoms in total. The van der Waals surface area contributed by atoms with Crippen LogP contribution in [0.5, 0.6) is 0 Å². The number of esters is 1. The molecule has 1 unspecified atom stereocenters. The van der Waals surface area contributed by atoms with Gasteiger partial charge in [-0.25, -0.2) is 9.18 Å². The second-order valence-corrected chi connectivity index (χ2v) is 7.52. The van der Waals surface area contributed by atoms with Crippen molar-refractivity contribution in [2.45, 2.75) is 44.6 Å². The minimum atomic E-state index is -1.16. The van der Waals surface area contributed by atoms with E-state index in [0.29, 0.717) is 11.8 Å². The van der Waals surface area contributed by atoms with Crippen LogP contribution in [0.3, 0.4) is 0 Å². The summed E-state index contributed by atoms with van der Waals surface area (Å²) in [5, 5.41) is 0.944. The van der Waals surface area contributed by atoms with Gasteiger partial charge in [-0.3, -0.25) is 9.59 Å². The first-order valence-electron chi connectivity index (χ1n) is 7.54. The Morgan fingerprint density at radius 2 is 1.80 bits per heavy atom. The predicted octanol–water partition coefficient (Wildman–Crippen LogP) is 3.21. The maximum atomic E-state index is 14.3. The molecule has 1 amide bonds. The second kappa shape index (κ2) is 8.84. The normalized spacial score (nSPS) is 13.5. The fourth-order valence-corrected chi connectivity index (χ4v) is 2.93. The molecule has 0 radical (unpaired) electrons. The number of benzene rings is 1. The summed E-state index contributed by atoms with van der Waals surface area (Å²) in [5.41, 5.74) is -0.726. The number of ether oxygens (including phenoxy) is 2. The highest BCUT2D eigenvalue weighted by molar-refractivity contribution is 8.14. The molecular weight excluding hydrogens is 349 g/mol. The Balaban J connectivity index is 3.25. The first kappa shape index (κ1) is 21.0. The number of carbonyl (C=O) groups is 3. The molecule has 0 saturated carbocycles. The van der Waals surface area contributed by atoms with Crippen molar-refractivity contribution < 1.29 is 28.2 Å². The van der Waals surface area contributed by atoms with Crippen molar-refractivity contribution in [3.8, 4) is 0 Å². The number of alkyl carbamates (subject to hydrolysis) is 1. The molecule has 25 heavy (non-hydrogen) atoms. The molecule has 0 spiro atoms. The van der Waals surface area contributed by atoms with Crippen LogP contribution in [-0.4, -0.2) is 35.1 Å². The van der Waals surface area contributed by atoms with Gasteiger partial charge >= 0.3 is 12.1 Å². The third kappa shape index (κ3) is 6.74. The Kier molecular flexibility index (Phi) is 7.41. The van der Waals surface area contributed by atoms with E-state index < -0.39 is 34.8 Å². The van der Waals surface area contributed by atoms with E-state index in [1.807, 2.05) is 0 Å². The Labute approximate surface area is 150 Å². The van der Waals surface area contributed by atoms with Crippen LogP contribution < -0.4 is 5.32 Å². The lowest BCUT2D eigenvalue weighted by atomic mass is 10.0. The van der Waals surface area contributed by atoms with Crippen LogP contribution in [0.25, 0.3) is 0 Å². The van der Waals surface area contributed by atoms with E-state index in [0.717, 1.165) is 7.11 Å². The highest BCUT2D eigenvalue weighted by atomic mass is 32.2. The summed E-state index contributed by atoms with van der Waals surface area (Å²) < 4.78 is 24.1. The van der Waals surface area contributed by atoms with Gasteiger partial charge in [0, 0.05) is 12.5 Å². The molecule has 0 fully saturated rings. The van der Waals surface area contributed by atoms with Gasteiger partial charge in [-0.05, 0) is 26.8 Å². The lowest BCUT2D eigenvalue weighted by Crippen LogP contribution is -2.42. The summed E-state index contributed by atoms with van der Waals surface area (Å²) in [4.78, 5) is 35.8. The van der Waals surface area contributed by atoms with Crippen molar-refractivity contribution in [3.63, 3.8) is 0 Å². The molecule has 0 aliphatic carbocycles. The number of rotatable bonds is 5. The number of thioether (sulfide) groups is 1. The topological polar surface area (TPSA) is 81.7 Å². The number of carbonyl (C=O) groups excluding carboxylic acids is 3. The van der Waals surface area contributed by atoms with Crippen molar-refractivity contribution in [2.75, 3.05) is 7.11 Å². The molecule has 1 aromatic carbocycles. The van der Waals surface area contributed by atoms with Crippen molar-refractivity contribution in [1.29, 1.82) is 0 Å². The standard InChI is InChI=1S/C17H22FNO5S/c1-10(20)25-14(15(21)23-5)13(11-8-6-7-9-12(11)18)19-16(22)24-17(2,3)4/h6-9,13-14H,1-5H3,(H,19,22)/t13-,14?/m0/s1. The van der Waals surface area contributed by atoms with Crippen LogP contribution in [0.1, 0.15) is 39.3 Å². The van der Waals surface area contributed by atoms with Crippen LogP contribution in [0.15, 0.2) is 24.3 Å². The van der Waals surface area contributed by atoms with Gasteiger partial charge in [0.2, 0.25) is 0 Å². The van der Waals surface area contributed by atoms with Gasteiger partial charge in [0.15, 0.2) is 5.12 Å². The van der Waals surface area contributed by atoms with Crippen molar-refractivity contribution >= 4 is 28.9 Å². The number of methoxy groups -OCH3 is 1. The van der Waals surface area contributed by atoms with Crippen LogP contribution in [-0.2, 0) is 19.1 Å². The first-order chi connectivity index (χ1) is 11.5. The quantitative estimate of drug-likeness (QED) is 0.801. The predicted molar refractivity (Wildman–Crippen MR) is 92.6 cm³/mol. The molecule has 0 aliphatic rings. The maximum Gasteiger partial charge on any atom is 0.408 e. The third-order valence-corrected chi connectivity index (χ3v) is 3.99. The Bertz CT molecular complexity index is 644. The number of hydrogen-bond acceptors (Lipinski definition) is 6. The molecule has 1 rings (SSSR count). The van der Waals surface area contributed by atoms with Crippen molar-refractivity contribution in [1.82, 2.24) is 5.32 Å². The molecule has 0 aliphatic heterocycles. The molecule has 8 heteroatoms. The van der Waals surface area contributed by atoms with Gasteiger partial charge < -0.3 is 14.8 Å². The number of amides is 1. The van der Waals surface area contributed by atoms with Gasteiger partial charge in [-0.15, -0.1) is 0 Å². The minimum Gasteiger partial charge on any atom is -0.468 e. The molecule has 1 aromatic rings. The lowest BCUT2D eigenvalue weighted by Gasteiger charge is -2.27. The summed E-state index contributed by atoms with van der Waals surface area (Å²) in [6, 6.07) is 4.53. The van der Waals surface area contributed by atoms with Gasteiger partial charge in [0.1, 0.15) is 16.7 Å². The van der Waals surface area contributed by atoms with Crippen LogP contribution >= 0.6 is 11.8 Å². The Hall–Kier alpha value is -2.09. The van der Waals surface area contributed by atoms with Gasteiger partial charge in [-0.2, -0.15) is 0 Å². The van der Waals surface area contributed by atoms with E-state index in [4.69, 9.17) is 9.47 Å². The maximum absolute atomic E-state index is 14.3. The van der Waals surface area contributed by atoms with E-state index in [9.17, 15) is 18.8 Å². The van der Waals surface area contributed by atoms with Gasteiger partial charge in [-0.1, -0.05) is 30.0 Å². The van der Waals surface area contributed by atoms with Crippen LogP contribution in [0.4, 0.5) is 9.18 Å². The van der Waals surface area contributed by atoms with E-state index in [1.165, 1.54) is 25.1 Å². The number of halogens is 1. The van der Waals surface area contributed by atoms with Crippen LogP contribution in [0.2, 0.25) is 0 Å². The monoisotopic (exact) mass is 371 g/mol. The molecule has 0 aromatic heterocycles. The number of nitrogens with one attached hydrogen (secondary N) is 1. The zero-order valence-corrected chi connectivity index (χ0v) is 15.6. The average Bonchev–Trinajstić information content (AvgIpc) is 2.48. The van der Waals surface area contributed by atoms with E-state index in [-0.39, 0.29) is 10.7 Å². The molecule has 2 atom stereocenters. The number of hydrogen-bond donors (Lipinski definition) is 1. The van der Waals surface area contributed by atoms with Crippen molar-refractivity contribution in [2.24, 2.45) is 0 Å². The largest absolute Gasteiger partial charge is 0.468 e. The zero-order chi connectivity index (χ0) is 19.2. The SMILES string of the molecule is COC(=O)C(SC(C)=O)[C@@H](NC(=O)OC(C)(C)C)c1ccccc1F. The van der Waals surface area contributed by atoms with E-state index in [1.54, 1.807) is 26.8 Å². The molecule has 0 bridgehead atoms. The highest BCUT2D eigenvalue weighted by Gasteiger charge is 2.36. The Morgan fingerprint density at radius 1 is 1.20 bits per heavy atom. The fourth-order valence-electron chi connectivity index (χ4n) is 2.03. The zero-order valence-electron chi connectivity index (χ0n) is 14.8.